The Morgan fingerprint density at radius 3 is 2.81 bits per heavy atom. The molecule has 1 saturated heterocycles. The van der Waals surface area contributed by atoms with E-state index in [0.717, 1.165) is 12.2 Å². The van der Waals surface area contributed by atoms with Crippen molar-refractivity contribution >= 4 is 23.2 Å². The highest BCUT2D eigenvalue weighted by atomic mass is 35.5. The minimum atomic E-state index is -0.197. The average Bonchev–Trinajstić information content (AvgIpc) is 2.14. The monoisotopic (exact) mass is 238 g/mol. The summed E-state index contributed by atoms with van der Waals surface area (Å²) in [6.45, 7) is 5.21. The summed E-state index contributed by atoms with van der Waals surface area (Å²) in [5.74, 6) is 0.0521. The van der Waals surface area contributed by atoms with Crippen LogP contribution < -0.4 is 10.2 Å². The first-order chi connectivity index (χ1) is 7.46. The Kier molecular flexibility index (Phi) is 2.80. The molecule has 16 heavy (non-hydrogen) atoms. The Hall–Kier alpha value is -1.22. The fourth-order valence-corrected chi connectivity index (χ4v) is 2.20. The Balaban J connectivity index is 2.24. The molecule has 2 rings (SSSR count). The van der Waals surface area contributed by atoms with Crippen molar-refractivity contribution in [1.29, 1.82) is 0 Å². The Morgan fingerprint density at radius 2 is 2.19 bits per heavy atom. The van der Waals surface area contributed by atoms with Crippen molar-refractivity contribution in [3.8, 4) is 0 Å². The molecule has 1 aromatic rings. The number of carbonyl (C=O) groups is 1. The molecule has 1 N–H and O–H groups in total. The second kappa shape index (κ2) is 3.98. The van der Waals surface area contributed by atoms with E-state index in [1.54, 1.807) is 0 Å². The summed E-state index contributed by atoms with van der Waals surface area (Å²) in [6.07, 6.45) is 0. The predicted molar refractivity (Wildman–Crippen MR) is 65.9 cm³/mol. The van der Waals surface area contributed by atoms with Crippen molar-refractivity contribution in [2.45, 2.75) is 19.4 Å². The SMILES string of the molecule is CC1(C)CN(c2cccc(Cl)c2)CC(=O)N1. The van der Waals surface area contributed by atoms with Gasteiger partial charge in [-0.1, -0.05) is 17.7 Å². The van der Waals surface area contributed by atoms with Gasteiger partial charge < -0.3 is 10.2 Å². The normalized spacial score (nSPS) is 19.4. The quantitative estimate of drug-likeness (QED) is 0.812. The second-order valence-electron chi connectivity index (χ2n) is 4.77. The van der Waals surface area contributed by atoms with Gasteiger partial charge in [0.25, 0.3) is 0 Å². The standard InChI is InChI=1S/C12H15ClN2O/c1-12(2)8-15(7-11(16)14-12)10-5-3-4-9(13)6-10/h3-6H,7-8H2,1-2H3,(H,14,16). The first-order valence-electron chi connectivity index (χ1n) is 5.28. The molecular formula is C12H15ClN2O. The van der Waals surface area contributed by atoms with Crippen LogP contribution >= 0.6 is 11.6 Å². The minimum absolute atomic E-state index is 0.0521. The number of nitrogens with one attached hydrogen (secondary N) is 1. The molecule has 1 aliphatic heterocycles. The van der Waals surface area contributed by atoms with E-state index in [1.165, 1.54) is 0 Å². The smallest absolute Gasteiger partial charge is 0.239 e. The molecule has 0 bridgehead atoms. The molecule has 0 aromatic heterocycles. The van der Waals surface area contributed by atoms with Crippen molar-refractivity contribution in [2.75, 3.05) is 18.0 Å². The van der Waals surface area contributed by atoms with Gasteiger partial charge in [0.05, 0.1) is 12.1 Å². The van der Waals surface area contributed by atoms with Crippen molar-refractivity contribution in [1.82, 2.24) is 5.32 Å². The van der Waals surface area contributed by atoms with Gasteiger partial charge in [-0.05, 0) is 32.0 Å². The fourth-order valence-electron chi connectivity index (χ4n) is 2.02. The number of piperazine rings is 1. The summed E-state index contributed by atoms with van der Waals surface area (Å²) in [5.41, 5.74) is 0.799. The third kappa shape index (κ3) is 2.47. The van der Waals surface area contributed by atoms with E-state index in [0.29, 0.717) is 11.6 Å². The summed E-state index contributed by atoms with van der Waals surface area (Å²) in [4.78, 5) is 13.6. The molecule has 0 unspecified atom stereocenters. The van der Waals surface area contributed by atoms with Crippen LogP contribution in [0, 0.1) is 0 Å². The Bertz CT molecular complexity index is 417. The van der Waals surface area contributed by atoms with Crippen LogP contribution in [0.5, 0.6) is 0 Å². The van der Waals surface area contributed by atoms with Gasteiger partial charge in [-0.15, -0.1) is 0 Å². The number of amides is 1. The molecule has 3 nitrogen and oxygen atoms in total. The zero-order chi connectivity index (χ0) is 11.8. The minimum Gasteiger partial charge on any atom is -0.360 e. The summed E-state index contributed by atoms with van der Waals surface area (Å²) in [5, 5.41) is 3.65. The molecule has 1 aromatic carbocycles. The highest BCUT2D eigenvalue weighted by Gasteiger charge is 2.30. The van der Waals surface area contributed by atoms with Gasteiger partial charge in [0.1, 0.15) is 0 Å². The number of rotatable bonds is 1. The van der Waals surface area contributed by atoms with Crippen molar-refractivity contribution in [2.24, 2.45) is 0 Å². The van der Waals surface area contributed by atoms with Crippen LogP contribution in [0.15, 0.2) is 24.3 Å². The van der Waals surface area contributed by atoms with Gasteiger partial charge in [0.15, 0.2) is 0 Å². The molecule has 4 heteroatoms. The Morgan fingerprint density at radius 1 is 1.44 bits per heavy atom. The van der Waals surface area contributed by atoms with Gasteiger partial charge in [0.2, 0.25) is 5.91 Å². The van der Waals surface area contributed by atoms with Gasteiger partial charge in [-0.25, -0.2) is 0 Å². The molecule has 1 aliphatic rings. The molecule has 1 amide bonds. The third-order valence-electron chi connectivity index (χ3n) is 2.57. The van der Waals surface area contributed by atoms with Gasteiger partial charge >= 0.3 is 0 Å². The summed E-state index contributed by atoms with van der Waals surface area (Å²) < 4.78 is 0. The largest absolute Gasteiger partial charge is 0.360 e. The van der Waals surface area contributed by atoms with Gasteiger partial charge in [0, 0.05) is 17.3 Å². The van der Waals surface area contributed by atoms with E-state index in [4.69, 9.17) is 11.6 Å². The van der Waals surface area contributed by atoms with Gasteiger partial charge in [-0.3, -0.25) is 4.79 Å². The lowest BCUT2D eigenvalue weighted by Gasteiger charge is -2.39. The fraction of sp³-hybridized carbons (Fsp3) is 0.417. The first-order valence-corrected chi connectivity index (χ1v) is 5.66. The van der Waals surface area contributed by atoms with Crippen molar-refractivity contribution < 1.29 is 4.79 Å². The topological polar surface area (TPSA) is 32.3 Å². The number of hydrogen-bond donors (Lipinski definition) is 1. The molecule has 0 aliphatic carbocycles. The van der Waals surface area contributed by atoms with E-state index >= 15 is 0 Å². The van der Waals surface area contributed by atoms with E-state index < -0.39 is 0 Å². The van der Waals surface area contributed by atoms with E-state index in [2.05, 4.69) is 5.32 Å². The maximum Gasteiger partial charge on any atom is 0.239 e. The molecule has 86 valence electrons. The number of carbonyl (C=O) groups excluding carboxylic acids is 1. The van der Waals surface area contributed by atoms with Crippen molar-refractivity contribution in [3.05, 3.63) is 29.3 Å². The maximum atomic E-state index is 11.6. The predicted octanol–water partition coefficient (Wildman–Crippen LogP) is 2.05. The van der Waals surface area contributed by atoms with Crippen LogP contribution in [-0.4, -0.2) is 24.5 Å². The summed E-state index contributed by atoms with van der Waals surface area (Å²) in [7, 11) is 0. The molecular weight excluding hydrogens is 224 g/mol. The van der Waals surface area contributed by atoms with Crippen LogP contribution in [0.2, 0.25) is 5.02 Å². The lowest BCUT2D eigenvalue weighted by Crippen LogP contribution is -2.60. The molecule has 1 heterocycles. The van der Waals surface area contributed by atoms with Crippen LogP contribution in [0.25, 0.3) is 0 Å². The highest BCUT2D eigenvalue weighted by Crippen LogP contribution is 2.23. The number of nitrogens with zero attached hydrogens (tertiary/aromatic N) is 1. The lowest BCUT2D eigenvalue weighted by atomic mass is 10.0. The Labute approximate surface area is 100 Å². The van der Waals surface area contributed by atoms with E-state index in [-0.39, 0.29) is 11.4 Å². The van der Waals surface area contributed by atoms with E-state index in [9.17, 15) is 4.79 Å². The number of anilines is 1. The molecule has 0 saturated carbocycles. The van der Waals surface area contributed by atoms with Crippen LogP contribution in [0.3, 0.4) is 0 Å². The zero-order valence-electron chi connectivity index (χ0n) is 9.46. The summed E-state index contributed by atoms with van der Waals surface area (Å²) in [6, 6.07) is 7.59. The first kappa shape index (κ1) is 11.3. The molecule has 0 spiro atoms. The van der Waals surface area contributed by atoms with Crippen molar-refractivity contribution in [3.63, 3.8) is 0 Å². The lowest BCUT2D eigenvalue weighted by molar-refractivity contribution is -0.122. The number of benzene rings is 1. The molecule has 1 fully saturated rings. The maximum absolute atomic E-state index is 11.6. The summed E-state index contributed by atoms with van der Waals surface area (Å²) >= 11 is 5.94. The highest BCUT2D eigenvalue weighted by molar-refractivity contribution is 6.30. The second-order valence-corrected chi connectivity index (χ2v) is 5.20. The van der Waals surface area contributed by atoms with Crippen LogP contribution in [0.1, 0.15) is 13.8 Å². The molecule has 0 radical (unpaired) electrons. The van der Waals surface area contributed by atoms with E-state index in [1.807, 2.05) is 43.0 Å². The van der Waals surface area contributed by atoms with Crippen LogP contribution in [0.4, 0.5) is 5.69 Å². The average molecular weight is 239 g/mol. The third-order valence-corrected chi connectivity index (χ3v) is 2.81. The number of halogens is 1. The van der Waals surface area contributed by atoms with Crippen LogP contribution in [-0.2, 0) is 4.79 Å². The number of hydrogen-bond acceptors (Lipinski definition) is 2. The zero-order valence-corrected chi connectivity index (χ0v) is 10.2. The van der Waals surface area contributed by atoms with Gasteiger partial charge in [-0.2, -0.15) is 0 Å². The molecule has 0 atom stereocenters.